The monoisotopic (exact) mass is 409 g/mol. The van der Waals surface area contributed by atoms with E-state index in [1.807, 2.05) is 24.0 Å². The summed E-state index contributed by atoms with van der Waals surface area (Å²) < 4.78 is 0. The van der Waals surface area contributed by atoms with Crippen molar-refractivity contribution in [2.75, 3.05) is 19.4 Å². The van der Waals surface area contributed by atoms with Crippen LogP contribution in [-0.4, -0.2) is 57.7 Å². The van der Waals surface area contributed by atoms with Crippen molar-refractivity contribution in [1.29, 1.82) is 0 Å². The zero-order valence-corrected chi connectivity index (χ0v) is 17.6. The number of hydrogen-bond donors (Lipinski definition) is 2. The third kappa shape index (κ3) is 4.42. The Kier molecular flexibility index (Phi) is 6.34. The molecule has 8 nitrogen and oxygen atoms in total. The summed E-state index contributed by atoms with van der Waals surface area (Å²) >= 11 is 0. The minimum absolute atomic E-state index is 0.0593. The third-order valence-electron chi connectivity index (χ3n) is 5.19. The van der Waals surface area contributed by atoms with Crippen LogP contribution in [-0.2, 0) is 4.79 Å². The first kappa shape index (κ1) is 21.3. The van der Waals surface area contributed by atoms with E-state index in [-0.39, 0.29) is 17.5 Å². The van der Waals surface area contributed by atoms with Crippen LogP contribution in [0.2, 0.25) is 0 Å². The number of nitrogens with one attached hydrogen (secondary N) is 1. The van der Waals surface area contributed by atoms with E-state index in [9.17, 15) is 9.59 Å². The van der Waals surface area contributed by atoms with Gasteiger partial charge in [-0.3, -0.25) is 4.79 Å². The fourth-order valence-corrected chi connectivity index (χ4v) is 3.69. The van der Waals surface area contributed by atoms with Gasteiger partial charge in [0.1, 0.15) is 23.2 Å². The van der Waals surface area contributed by atoms with Gasteiger partial charge in [-0.1, -0.05) is 25.5 Å². The van der Waals surface area contributed by atoms with E-state index in [1.165, 1.54) is 12.3 Å². The largest absolute Gasteiger partial charge is 0.478 e. The highest BCUT2D eigenvalue weighted by molar-refractivity contribution is 6.12. The van der Waals surface area contributed by atoms with Gasteiger partial charge in [0.05, 0.1) is 5.56 Å². The van der Waals surface area contributed by atoms with Gasteiger partial charge in [-0.25, -0.2) is 14.8 Å². The van der Waals surface area contributed by atoms with Gasteiger partial charge in [0.15, 0.2) is 0 Å². The second kappa shape index (κ2) is 8.94. The molecule has 0 saturated heterocycles. The first-order valence-corrected chi connectivity index (χ1v) is 9.95. The van der Waals surface area contributed by atoms with Gasteiger partial charge in [-0.2, -0.15) is 0 Å². The average Bonchev–Trinajstić information content (AvgIpc) is 3.35. The normalized spacial score (nSPS) is 19.3. The van der Waals surface area contributed by atoms with Crippen molar-refractivity contribution in [1.82, 2.24) is 14.8 Å². The van der Waals surface area contributed by atoms with Crippen molar-refractivity contribution in [3.05, 3.63) is 59.7 Å². The molecule has 30 heavy (non-hydrogen) atoms. The number of carbonyl (C=O) groups excluding carboxylic acids is 1. The molecule has 1 fully saturated rings. The van der Waals surface area contributed by atoms with Crippen molar-refractivity contribution in [2.45, 2.75) is 38.6 Å². The Balaban J connectivity index is 1.88. The molecule has 1 saturated carbocycles. The Morgan fingerprint density at radius 3 is 2.57 bits per heavy atom. The lowest BCUT2D eigenvalue weighted by atomic mass is 10.2. The number of nitrogens with zero attached hydrogens (tertiary/aromatic N) is 4. The lowest BCUT2D eigenvalue weighted by Gasteiger charge is -2.30. The van der Waals surface area contributed by atoms with Gasteiger partial charge in [0.2, 0.25) is 0 Å². The fourth-order valence-electron chi connectivity index (χ4n) is 3.69. The minimum atomic E-state index is -1.03. The van der Waals surface area contributed by atoms with E-state index >= 15 is 0 Å². The molecule has 0 bridgehead atoms. The number of carboxylic acids is 1. The summed E-state index contributed by atoms with van der Waals surface area (Å²) in [4.78, 5) is 36.2. The number of amides is 1. The van der Waals surface area contributed by atoms with Crippen LogP contribution in [0.1, 0.15) is 43.0 Å². The highest BCUT2D eigenvalue weighted by Gasteiger charge is 2.37. The van der Waals surface area contributed by atoms with Crippen LogP contribution in [0.4, 0.5) is 5.82 Å². The summed E-state index contributed by atoms with van der Waals surface area (Å²) in [6, 6.07) is 3.25. The number of pyridine rings is 1. The maximum atomic E-state index is 12.8. The second-order valence-electron chi connectivity index (χ2n) is 7.53. The molecule has 0 radical (unpaired) electrons. The molecular weight excluding hydrogens is 382 g/mol. The van der Waals surface area contributed by atoms with E-state index in [0.29, 0.717) is 23.2 Å². The average molecular weight is 409 g/mol. The molecule has 1 aliphatic carbocycles. The molecule has 0 aromatic carbocycles. The maximum Gasteiger partial charge on any atom is 0.337 e. The number of aromatic nitrogens is 1. The predicted molar refractivity (Wildman–Crippen MR) is 116 cm³/mol. The lowest BCUT2D eigenvalue weighted by Crippen LogP contribution is -2.40. The third-order valence-corrected chi connectivity index (χ3v) is 5.19. The van der Waals surface area contributed by atoms with Crippen LogP contribution in [0.15, 0.2) is 59.1 Å². The van der Waals surface area contributed by atoms with Gasteiger partial charge >= 0.3 is 5.97 Å². The molecule has 2 heterocycles. The van der Waals surface area contributed by atoms with Crippen molar-refractivity contribution in [3.63, 3.8) is 0 Å². The zero-order chi connectivity index (χ0) is 21.8. The smallest absolute Gasteiger partial charge is 0.337 e. The lowest BCUT2D eigenvalue weighted by molar-refractivity contribution is -0.126. The fraction of sp³-hybridized carbons (Fsp3) is 0.364. The van der Waals surface area contributed by atoms with E-state index < -0.39 is 5.97 Å². The van der Waals surface area contributed by atoms with Crippen molar-refractivity contribution in [3.8, 4) is 0 Å². The first-order chi connectivity index (χ1) is 14.3. The van der Waals surface area contributed by atoms with E-state index in [1.54, 1.807) is 25.1 Å². The van der Waals surface area contributed by atoms with Crippen LogP contribution in [0.25, 0.3) is 0 Å². The molecule has 2 N–H and O–H groups in total. The number of aliphatic imine (C=N–C) groups is 1. The molecule has 1 aromatic heterocycles. The number of rotatable bonds is 6. The number of amidine groups is 1. The molecule has 1 amide bonds. The number of anilines is 1. The topological polar surface area (TPSA) is 98.1 Å². The zero-order valence-electron chi connectivity index (χ0n) is 17.6. The van der Waals surface area contributed by atoms with Crippen LogP contribution >= 0.6 is 0 Å². The second-order valence-corrected chi connectivity index (χ2v) is 7.53. The summed E-state index contributed by atoms with van der Waals surface area (Å²) in [7, 11) is 3.49. The van der Waals surface area contributed by atoms with Crippen molar-refractivity contribution >= 4 is 23.5 Å². The number of hydrogen-bond acceptors (Lipinski definition) is 5. The molecule has 0 unspecified atom stereocenters. The molecule has 0 spiro atoms. The molecule has 2 aliphatic rings. The standard InChI is InChI=1S/C22H27N5O3/c1-5-15-12-18(21(28)26(3)4)27(17-8-6-7-9-17)20(15)25-14(2)24-19-11-10-16(13-23-19)22(29)30/h5,10-13,17H,2,6-9H2,1,3-4H3,(H,23,24)(H,29,30)/b15-5-,25-20+. The number of allylic oxidation sites excluding steroid dienone is 1. The molecule has 0 atom stereocenters. The van der Waals surface area contributed by atoms with E-state index in [2.05, 4.69) is 21.9 Å². The van der Waals surface area contributed by atoms with Crippen molar-refractivity contribution < 1.29 is 14.7 Å². The molecular formula is C22H27N5O3. The number of carboxylic acid groups (broad SMARTS) is 1. The summed E-state index contributed by atoms with van der Waals surface area (Å²) in [5.41, 5.74) is 1.59. The highest BCUT2D eigenvalue weighted by Crippen LogP contribution is 2.34. The summed E-state index contributed by atoms with van der Waals surface area (Å²) in [5, 5.41) is 12.0. The summed E-state index contributed by atoms with van der Waals surface area (Å²) in [6.07, 6.45) is 9.36. The highest BCUT2D eigenvalue weighted by atomic mass is 16.4. The molecule has 8 heteroatoms. The quantitative estimate of drug-likeness (QED) is 0.749. The van der Waals surface area contributed by atoms with Crippen LogP contribution in [0.3, 0.4) is 0 Å². The number of carbonyl (C=O) groups is 2. The number of likely N-dealkylation sites (N-methyl/N-ethyl adjacent to an activating group) is 1. The van der Waals surface area contributed by atoms with Crippen LogP contribution in [0.5, 0.6) is 0 Å². The Morgan fingerprint density at radius 2 is 2.03 bits per heavy atom. The van der Waals surface area contributed by atoms with Gasteiger partial charge in [-0.05, 0) is 38.0 Å². The van der Waals surface area contributed by atoms with Gasteiger partial charge in [-0.15, -0.1) is 0 Å². The Morgan fingerprint density at radius 1 is 1.33 bits per heavy atom. The Hall–Kier alpha value is -3.42. The van der Waals surface area contributed by atoms with Crippen LogP contribution in [0, 0.1) is 0 Å². The van der Waals surface area contributed by atoms with Gasteiger partial charge < -0.3 is 20.2 Å². The maximum absolute atomic E-state index is 12.8. The number of aromatic carboxylic acids is 1. The van der Waals surface area contributed by atoms with Crippen molar-refractivity contribution in [2.24, 2.45) is 4.99 Å². The van der Waals surface area contributed by atoms with Gasteiger partial charge in [0, 0.05) is 31.9 Å². The Bertz CT molecular complexity index is 938. The van der Waals surface area contributed by atoms with Gasteiger partial charge in [0.25, 0.3) is 5.91 Å². The SMILES string of the molecule is C=C(/N=C1\C(=C/C)C=C(C(=O)N(C)C)N1C1CCCC1)Nc1ccc(C(=O)O)cn1. The van der Waals surface area contributed by atoms with E-state index in [4.69, 9.17) is 5.11 Å². The Labute approximate surface area is 176 Å². The minimum Gasteiger partial charge on any atom is -0.478 e. The summed E-state index contributed by atoms with van der Waals surface area (Å²) in [6.45, 7) is 5.89. The molecule has 158 valence electrons. The van der Waals surface area contributed by atoms with Crippen LogP contribution < -0.4 is 5.32 Å². The molecule has 1 aromatic rings. The first-order valence-electron chi connectivity index (χ1n) is 9.95. The predicted octanol–water partition coefficient (Wildman–Crippen LogP) is 3.24. The molecule has 1 aliphatic heterocycles. The molecule has 3 rings (SSSR count). The summed E-state index contributed by atoms with van der Waals surface area (Å²) in [5.74, 6) is 0.396. The van der Waals surface area contributed by atoms with E-state index in [0.717, 1.165) is 31.3 Å².